The van der Waals surface area contributed by atoms with Crippen LogP contribution in [0.5, 0.6) is 0 Å². The molecular formula is C16H24N2O2S. The average molecular weight is 308 g/mol. The third-order valence-electron chi connectivity index (χ3n) is 3.35. The Kier molecular flexibility index (Phi) is 6.78. The Balaban J connectivity index is 2.72. The molecular weight excluding hydrogens is 284 g/mol. The summed E-state index contributed by atoms with van der Waals surface area (Å²) in [6.45, 7) is 2.72. The van der Waals surface area contributed by atoms with Crippen molar-refractivity contribution in [2.45, 2.75) is 17.9 Å². The van der Waals surface area contributed by atoms with Crippen LogP contribution >= 0.6 is 0 Å². The van der Waals surface area contributed by atoms with Crippen LogP contribution in [0.2, 0.25) is 0 Å². The molecule has 1 rings (SSSR count). The van der Waals surface area contributed by atoms with Crippen molar-refractivity contribution in [3.63, 3.8) is 0 Å². The largest absolute Gasteiger partial charge is 0.335 e. The summed E-state index contributed by atoms with van der Waals surface area (Å²) in [6.07, 6.45) is 5.12. The van der Waals surface area contributed by atoms with E-state index in [1.165, 1.54) is 0 Å². The summed E-state index contributed by atoms with van der Waals surface area (Å²) in [5.74, 6) is -0.0208. The fourth-order valence-corrected chi connectivity index (χ4v) is 2.35. The summed E-state index contributed by atoms with van der Waals surface area (Å²) in [6, 6.07) is 7.52. The minimum Gasteiger partial charge on any atom is -0.335 e. The van der Waals surface area contributed by atoms with Gasteiger partial charge in [0.15, 0.2) is 0 Å². The van der Waals surface area contributed by atoms with Crippen molar-refractivity contribution >= 4 is 16.7 Å². The van der Waals surface area contributed by atoms with Crippen LogP contribution in [0.25, 0.3) is 0 Å². The van der Waals surface area contributed by atoms with Crippen LogP contribution < -0.4 is 0 Å². The molecule has 2 unspecified atom stereocenters. The van der Waals surface area contributed by atoms with E-state index in [9.17, 15) is 9.00 Å². The average Bonchev–Trinajstić information content (AvgIpc) is 2.45. The molecule has 1 aromatic carbocycles. The molecule has 4 nitrogen and oxygen atoms in total. The number of carbonyl (C=O) groups is 1. The third kappa shape index (κ3) is 5.44. The molecule has 5 heteroatoms. The van der Waals surface area contributed by atoms with Crippen LogP contribution in [-0.2, 0) is 15.6 Å². The van der Waals surface area contributed by atoms with E-state index in [2.05, 4.69) is 0 Å². The fourth-order valence-electron chi connectivity index (χ4n) is 1.83. The van der Waals surface area contributed by atoms with Gasteiger partial charge in [0.25, 0.3) is 0 Å². The van der Waals surface area contributed by atoms with Crippen LogP contribution in [-0.4, -0.2) is 53.9 Å². The minimum atomic E-state index is -0.975. The van der Waals surface area contributed by atoms with Crippen LogP contribution in [0.4, 0.5) is 0 Å². The molecule has 116 valence electrons. The number of carbonyl (C=O) groups excluding carboxylic acids is 1. The number of hydrogen-bond acceptors (Lipinski definition) is 3. The smallest absolute Gasteiger partial charge is 0.246 e. The summed E-state index contributed by atoms with van der Waals surface area (Å²) >= 11 is 0. The van der Waals surface area contributed by atoms with Crippen molar-refractivity contribution in [3.8, 4) is 0 Å². The predicted octanol–water partition coefficient (Wildman–Crippen LogP) is 2.06. The zero-order valence-electron chi connectivity index (χ0n) is 13.4. The number of rotatable bonds is 6. The van der Waals surface area contributed by atoms with Crippen LogP contribution in [0, 0.1) is 0 Å². The molecule has 0 bridgehead atoms. The van der Waals surface area contributed by atoms with E-state index in [-0.39, 0.29) is 11.9 Å². The molecule has 0 aliphatic carbocycles. The normalized spacial score (nSPS) is 14.4. The lowest BCUT2D eigenvalue weighted by atomic mass is 10.1. The third-order valence-corrected chi connectivity index (χ3v) is 4.29. The highest BCUT2D eigenvalue weighted by Crippen LogP contribution is 2.20. The maximum atomic E-state index is 12.1. The Labute approximate surface area is 129 Å². The second kappa shape index (κ2) is 8.10. The van der Waals surface area contributed by atoms with Crippen molar-refractivity contribution in [1.29, 1.82) is 0 Å². The molecule has 0 aromatic heterocycles. The predicted molar refractivity (Wildman–Crippen MR) is 87.7 cm³/mol. The van der Waals surface area contributed by atoms with Gasteiger partial charge in [-0.3, -0.25) is 9.00 Å². The molecule has 0 N–H and O–H groups in total. The maximum Gasteiger partial charge on any atom is 0.246 e. The minimum absolute atomic E-state index is 0.0208. The molecule has 0 aliphatic heterocycles. The first-order valence-electron chi connectivity index (χ1n) is 6.84. The summed E-state index contributed by atoms with van der Waals surface area (Å²) in [5, 5.41) is 0. The molecule has 21 heavy (non-hydrogen) atoms. The van der Waals surface area contributed by atoms with Crippen LogP contribution in [0.3, 0.4) is 0 Å². The van der Waals surface area contributed by atoms with E-state index in [1.807, 2.05) is 56.3 Å². The van der Waals surface area contributed by atoms with Crippen molar-refractivity contribution < 1.29 is 9.00 Å². The highest BCUT2D eigenvalue weighted by molar-refractivity contribution is 7.84. The molecule has 0 spiro atoms. The number of amides is 1. The molecule has 1 amide bonds. The van der Waals surface area contributed by atoms with Crippen molar-refractivity contribution in [3.05, 3.63) is 42.0 Å². The SMILES string of the molecule is CC(c1ccc(S(C)=O)cc1)N(C)C(=O)/C=C/CN(C)C. The second-order valence-corrected chi connectivity index (χ2v) is 6.69. The zero-order valence-corrected chi connectivity index (χ0v) is 14.2. The number of likely N-dealkylation sites (N-methyl/N-ethyl adjacent to an activating group) is 2. The van der Waals surface area contributed by atoms with Gasteiger partial charge in [-0.2, -0.15) is 0 Å². The highest BCUT2D eigenvalue weighted by Gasteiger charge is 2.15. The zero-order chi connectivity index (χ0) is 16.0. The standard InChI is InChI=1S/C16H24N2O2S/c1-13(14-8-10-15(11-9-14)21(5)20)18(4)16(19)7-6-12-17(2)3/h6-11,13H,12H2,1-5H3/b7-6+. The van der Waals surface area contributed by atoms with Gasteiger partial charge < -0.3 is 9.80 Å². The van der Waals surface area contributed by atoms with E-state index in [0.717, 1.165) is 17.0 Å². The molecule has 0 saturated carbocycles. The van der Waals surface area contributed by atoms with Crippen molar-refractivity contribution in [2.24, 2.45) is 0 Å². The Hall–Kier alpha value is -1.46. The molecule has 2 atom stereocenters. The van der Waals surface area contributed by atoms with Gasteiger partial charge in [0, 0.05) is 41.6 Å². The lowest BCUT2D eigenvalue weighted by molar-refractivity contribution is -0.126. The molecule has 0 fully saturated rings. The highest BCUT2D eigenvalue weighted by atomic mass is 32.2. The Bertz CT molecular complexity index is 524. The van der Waals surface area contributed by atoms with Gasteiger partial charge >= 0.3 is 0 Å². The molecule has 0 saturated heterocycles. The van der Waals surface area contributed by atoms with E-state index >= 15 is 0 Å². The van der Waals surface area contributed by atoms with Gasteiger partial charge in [-0.25, -0.2) is 0 Å². The first-order valence-corrected chi connectivity index (χ1v) is 8.40. The van der Waals surface area contributed by atoms with Crippen LogP contribution in [0.15, 0.2) is 41.3 Å². The molecule has 0 radical (unpaired) electrons. The van der Waals surface area contributed by atoms with Gasteiger partial charge in [0.05, 0.1) is 6.04 Å². The lowest BCUT2D eigenvalue weighted by Gasteiger charge is -2.24. The first-order chi connectivity index (χ1) is 9.82. The van der Waals surface area contributed by atoms with E-state index in [1.54, 1.807) is 24.3 Å². The van der Waals surface area contributed by atoms with E-state index in [0.29, 0.717) is 0 Å². The van der Waals surface area contributed by atoms with E-state index in [4.69, 9.17) is 0 Å². The molecule has 0 heterocycles. The van der Waals surface area contributed by atoms with Gasteiger partial charge in [-0.1, -0.05) is 18.2 Å². The van der Waals surface area contributed by atoms with Gasteiger partial charge in [0.2, 0.25) is 5.91 Å². The van der Waals surface area contributed by atoms with Crippen molar-refractivity contribution in [2.75, 3.05) is 33.9 Å². The maximum absolute atomic E-state index is 12.1. The topological polar surface area (TPSA) is 40.6 Å². The van der Waals surface area contributed by atoms with Crippen molar-refractivity contribution in [1.82, 2.24) is 9.80 Å². The molecule has 1 aromatic rings. The van der Waals surface area contributed by atoms with Gasteiger partial charge in [-0.15, -0.1) is 0 Å². The quantitative estimate of drug-likeness (QED) is 0.755. The Morgan fingerprint density at radius 1 is 1.24 bits per heavy atom. The summed E-state index contributed by atoms with van der Waals surface area (Å²) in [7, 11) is 4.73. The summed E-state index contributed by atoms with van der Waals surface area (Å²) < 4.78 is 11.4. The molecule has 0 aliphatic rings. The fraction of sp³-hybridized carbons (Fsp3) is 0.438. The first kappa shape index (κ1) is 17.6. The van der Waals surface area contributed by atoms with Gasteiger partial charge in [0.1, 0.15) is 0 Å². The Morgan fingerprint density at radius 2 is 1.81 bits per heavy atom. The second-order valence-electron chi connectivity index (χ2n) is 5.31. The van der Waals surface area contributed by atoms with E-state index < -0.39 is 10.8 Å². The van der Waals surface area contributed by atoms with Crippen LogP contribution in [0.1, 0.15) is 18.5 Å². The number of hydrogen-bond donors (Lipinski definition) is 0. The van der Waals surface area contributed by atoms with Gasteiger partial charge in [-0.05, 0) is 38.7 Å². The monoisotopic (exact) mass is 308 g/mol. The summed E-state index contributed by atoms with van der Waals surface area (Å²) in [5.41, 5.74) is 1.03. The number of benzene rings is 1. The Morgan fingerprint density at radius 3 is 2.29 bits per heavy atom. The summed E-state index contributed by atoms with van der Waals surface area (Å²) in [4.78, 5) is 16.6. The number of nitrogens with zero attached hydrogens (tertiary/aromatic N) is 2. The lowest BCUT2D eigenvalue weighted by Crippen LogP contribution is -2.28.